The maximum absolute atomic E-state index is 11.1. The Labute approximate surface area is 116 Å². The molecule has 1 saturated carbocycles. The van der Waals surface area contributed by atoms with Crippen molar-refractivity contribution in [1.82, 2.24) is 0 Å². The summed E-state index contributed by atoms with van der Waals surface area (Å²) in [6.45, 7) is 4.75. The Kier molecular flexibility index (Phi) is 5.00. The van der Waals surface area contributed by atoms with Gasteiger partial charge in [-0.15, -0.1) is 0 Å². The number of aryl methyl sites for hydroxylation is 2. The molecule has 0 aliphatic heterocycles. The minimum absolute atomic E-state index is 0.682. The molecule has 2 rings (SSSR count). The van der Waals surface area contributed by atoms with Crippen LogP contribution in [0.4, 0.5) is 0 Å². The van der Waals surface area contributed by atoms with E-state index in [1.54, 1.807) is 0 Å². The van der Waals surface area contributed by atoms with Crippen molar-refractivity contribution in [3.63, 3.8) is 0 Å². The van der Waals surface area contributed by atoms with Gasteiger partial charge in [0, 0.05) is 0 Å². The summed E-state index contributed by atoms with van der Waals surface area (Å²) in [5.41, 5.74) is 2.85. The van der Waals surface area contributed by atoms with Crippen LogP contribution >= 0.6 is 0 Å². The molecule has 2 nitrogen and oxygen atoms in total. The predicted octanol–water partition coefficient (Wildman–Crippen LogP) is 4.47. The summed E-state index contributed by atoms with van der Waals surface area (Å²) >= 11 is 0. The molecule has 1 aromatic rings. The molecule has 0 saturated heterocycles. The van der Waals surface area contributed by atoms with E-state index in [1.807, 2.05) is 19.9 Å². The maximum atomic E-state index is 11.1. The molecule has 0 amide bonds. The van der Waals surface area contributed by atoms with Gasteiger partial charge in [-0.2, -0.15) is 0 Å². The van der Waals surface area contributed by atoms with Crippen LogP contribution < -0.4 is 4.74 Å². The Morgan fingerprint density at radius 3 is 2.63 bits per heavy atom. The number of aldehydes is 1. The zero-order chi connectivity index (χ0) is 13.7. The third-order valence-corrected chi connectivity index (χ3v) is 4.07. The van der Waals surface area contributed by atoms with Crippen LogP contribution in [0.2, 0.25) is 0 Å². The first kappa shape index (κ1) is 14.1. The van der Waals surface area contributed by atoms with Gasteiger partial charge in [0.25, 0.3) is 0 Å². The normalized spacial score (nSPS) is 16.3. The summed E-state index contributed by atoms with van der Waals surface area (Å²) < 4.78 is 5.89. The standard InChI is InChI=1S/C17H24O2/c1-13-10-14(2)17(16(11-13)12-18)19-9-8-15-6-4-3-5-7-15/h10-12,15H,3-9H2,1-2H3. The molecule has 0 bridgehead atoms. The van der Waals surface area contributed by atoms with E-state index in [0.29, 0.717) is 5.56 Å². The molecular formula is C17H24O2. The molecule has 1 aliphatic rings. The first-order chi connectivity index (χ1) is 9.20. The zero-order valence-corrected chi connectivity index (χ0v) is 12.1. The van der Waals surface area contributed by atoms with Crippen LogP contribution in [0.3, 0.4) is 0 Å². The number of carbonyl (C=O) groups excluding carboxylic acids is 1. The summed E-state index contributed by atoms with van der Waals surface area (Å²) in [4.78, 5) is 11.1. The van der Waals surface area contributed by atoms with Crippen molar-refractivity contribution in [2.75, 3.05) is 6.61 Å². The highest BCUT2D eigenvalue weighted by Gasteiger charge is 2.14. The van der Waals surface area contributed by atoms with Crippen molar-refractivity contribution in [3.05, 3.63) is 28.8 Å². The lowest BCUT2D eigenvalue weighted by Crippen LogP contribution is -2.11. The highest BCUT2D eigenvalue weighted by Crippen LogP contribution is 2.28. The van der Waals surface area contributed by atoms with Gasteiger partial charge in [0.1, 0.15) is 5.75 Å². The van der Waals surface area contributed by atoms with E-state index >= 15 is 0 Å². The zero-order valence-electron chi connectivity index (χ0n) is 12.1. The van der Waals surface area contributed by atoms with Gasteiger partial charge in [-0.05, 0) is 43.4 Å². The second-order valence-electron chi connectivity index (χ2n) is 5.76. The summed E-state index contributed by atoms with van der Waals surface area (Å²) in [5, 5.41) is 0. The minimum atomic E-state index is 0.682. The number of hydrogen-bond acceptors (Lipinski definition) is 2. The number of benzene rings is 1. The molecule has 19 heavy (non-hydrogen) atoms. The van der Waals surface area contributed by atoms with Crippen LogP contribution in [-0.4, -0.2) is 12.9 Å². The largest absolute Gasteiger partial charge is 0.493 e. The second-order valence-corrected chi connectivity index (χ2v) is 5.76. The Morgan fingerprint density at radius 1 is 1.21 bits per heavy atom. The van der Waals surface area contributed by atoms with E-state index in [1.165, 1.54) is 32.1 Å². The summed E-state index contributed by atoms with van der Waals surface area (Å²) in [6.07, 6.45) is 8.83. The third kappa shape index (κ3) is 3.82. The SMILES string of the molecule is Cc1cc(C)c(OCCC2CCCCC2)c(C=O)c1. The maximum Gasteiger partial charge on any atom is 0.153 e. The summed E-state index contributed by atoms with van der Waals surface area (Å²) in [7, 11) is 0. The monoisotopic (exact) mass is 260 g/mol. The Bertz CT molecular complexity index is 431. The van der Waals surface area contributed by atoms with Gasteiger partial charge in [0.15, 0.2) is 6.29 Å². The molecule has 0 N–H and O–H groups in total. The molecule has 0 unspecified atom stereocenters. The predicted molar refractivity (Wildman–Crippen MR) is 78.0 cm³/mol. The smallest absolute Gasteiger partial charge is 0.153 e. The van der Waals surface area contributed by atoms with E-state index in [4.69, 9.17) is 4.74 Å². The lowest BCUT2D eigenvalue weighted by atomic mass is 9.87. The van der Waals surface area contributed by atoms with E-state index in [2.05, 4.69) is 6.07 Å². The van der Waals surface area contributed by atoms with Gasteiger partial charge in [0.2, 0.25) is 0 Å². The van der Waals surface area contributed by atoms with Crippen molar-refractivity contribution in [2.45, 2.75) is 52.4 Å². The first-order valence-electron chi connectivity index (χ1n) is 7.40. The van der Waals surface area contributed by atoms with Crippen molar-refractivity contribution in [1.29, 1.82) is 0 Å². The van der Waals surface area contributed by atoms with E-state index in [-0.39, 0.29) is 0 Å². The molecule has 0 spiro atoms. The van der Waals surface area contributed by atoms with Gasteiger partial charge in [-0.1, -0.05) is 38.2 Å². The lowest BCUT2D eigenvalue weighted by Gasteiger charge is -2.22. The first-order valence-corrected chi connectivity index (χ1v) is 7.40. The van der Waals surface area contributed by atoms with Crippen molar-refractivity contribution in [2.24, 2.45) is 5.92 Å². The molecule has 1 aliphatic carbocycles. The van der Waals surface area contributed by atoms with Gasteiger partial charge in [-0.3, -0.25) is 4.79 Å². The van der Waals surface area contributed by atoms with Crippen LogP contribution in [-0.2, 0) is 0 Å². The fourth-order valence-electron chi connectivity index (χ4n) is 3.08. The van der Waals surface area contributed by atoms with Gasteiger partial charge in [-0.25, -0.2) is 0 Å². The van der Waals surface area contributed by atoms with Crippen molar-refractivity contribution < 1.29 is 9.53 Å². The summed E-state index contributed by atoms with van der Waals surface area (Å²) in [6, 6.07) is 3.97. The molecule has 0 heterocycles. The third-order valence-electron chi connectivity index (χ3n) is 4.07. The van der Waals surface area contributed by atoms with Gasteiger partial charge >= 0.3 is 0 Å². The quantitative estimate of drug-likeness (QED) is 0.730. The molecule has 2 heteroatoms. The molecular weight excluding hydrogens is 236 g/mol. The Balaban J connectivity index is 1.93. The van der Waals surface area contributed by atoms with Gasteiger partial charge < -0.3 is 4.74 Å². The van der Waals surface area contributed by atoms with E-state index in [0.717, 1.165) is 42.1 Å². The number of rotatable bonds is 5. The van der Waals surface area contributed by atoms with Crippen LogP contribution in [0, 0.1) is 19.8 Å². The van der Waals surface area contributed by atoms with Crippen LogP contribution in [0.15, 0.2) is 12.1 Å². The van der Waals surface area contributed by atoms with Crippen molar-refractivity contribution >= 4 is 6.29 Å². The molecule has 1 aromatic carbocycles. The molecule has 0 atom stereocenters. The molecule has 0 radical (unpaired) electrons. The lowest BCUT2D eigenvalue weighted by molar-refractivity contribution is 0.111. The second kappa shape index (κ2) is 6.74. The topological polar surface area (TPSA) is 26.3 Å². The highest BCUT2D eigenvalue weighted by atomic mass is 16.5. The van der Waals surface area contributed by atoms with Crippen LogP contribution in [0.5, 0.6) is 5.75 Å². The number of hydrogen-bond donors (Lipinski definition) is 0. The van der Waals surface area contributed by atoms with Crippen LogP contribution in [0.25, 0.3) is 0 Å². The minimum Gasteiger partial charge on any atom is -0.493 e. The molecule has 0 aromatic heterocycles. The molecule has 104 valence electrons. The highest BCUT2D eigenvalue weighted by molar-refractivity contribution is 5.80. The van der Waals surface area contributed by atoms with E-state index in [9.17, 15) is 4.79 Å². The van der Waals surface area contributed by atoms with Gasteiger partial charge in [0.05, 0.1) is 12.2 Å². The fraction of sp³-hybridized carbons (Fsp3) is 0.588. The molecule has 1 fully saturated rings. The number of carbonyl (C=O) groups is 1. The number of ether oxygens (including phenoxy) is 1. The van der Waals surface area contributed by atoms with Crippen molar-refractivity contribution in [3.8, 4) is 5.75 Å². The Hall–Kier alpha value is -1.31. The fourth-order valence-corrected chi connectivity index (χ4v) is 3.08. The Morgan fingerprint density at radius 2 is 1.95 bits per heavy atom. The average molecular weight is 260 g/mol. The summed E-state index contributed by atoms with van der Waals surface area (Å²) in [5.74, 6) is 1.59. The average Bonchev–Trinajstić information content (AvgIpc) is 2.42. The van der Waals surface area contributed by atoms with E-state index < -0.39 is 0 Å². The van der Waals surface area contributed by atoms with Crippen LogP contribution in [0.1, 0.15) is 60.0 Å².